The largest absolute Gasteiger partial charge is 0.298 e. The number of fused-ring (bicyclic) bond motifs is 1. The van der Waals surface area contributed by atoms with Crippen molar-refractivity contribution in [2.45, 2.75) is 38.3 Å². The van der Waals surface area contributed by atoms with Crippen LogP contribution in [0.15, 0.2) is 17.8 Å². The van der Waals surface area contributed by atoms with Crippen LogP contribution in [-0.4, -0.2) is 15.5 Å². The quantitative estimate of drug-likeness (QED) is 0.830. The highest BCUT2D eigenvalue weighted by molar-refractivity contribution is 7.15. The van der Waals surface area contributed by atoms with Gasteiger partial charge in [-0.15, -0.1) is 11.3 Å². The molecule has 4 nitrogen and oxygen atoms in total. The number of aromatic nitrogens is 2. The summed E-state index contributed by atoms with van der Waals surface area (Å²) in [6.45, 7) is 0.685. The predicted molar refractivity (Wildman–Crippen MR) is 63.2 cm³/mol. The Kier molecular flexibility index (Phi) is 2.90. The summed E-state index contributed by atoms with van der Waals surface area (Å²) >= 11 is 1.65. The fraction of sp³-hybridized carbons (Fsp3) is 0.545. The first kappa shape index (κ1) is 10.3. The van der Waals surface area contributed by atoms with Crippen LogP contribution in [0.4, 0.5) is 0 Å². The molecular formula is C11H15N3OS. The summed E-state index contributed by atoms with van der Waals surface area (Å²) in [4.78, 5) is 11.1. The molecule has 86 valence electrons. The van der Waals surface area contributed by atoms with E-state index in [1.807, 2.05) is 22.2 Å². The first-order valence-corrected chi connectivity index (χ1v) is 6.59. The molecule has 0 unspecified atom stereocenters. The van der Waals surface area contributed by atoms with Crippen molar-refractivity contribution in [1.29, 1.82) is 0 Å². The van der Waals surface area contributed by atoms with E-state index < -0.39 is 0 Å². The van der Waals surface area contributed by atoms with Crippen LogP contribution >= 0.6 is 11.3 Å². The topological polar surface area (TPSA) is 38.6 Å². The first-order chi connectivity index (χ1) is 7.92. The van der Waals surface area contributed by atoms with Crippen LogP contribution in [0.3, 0.4) is 0 Å². The van der Waals surface area contributed by atoms with Crippen LogP contribution < -0.4 is 5.48 Å². The summed E-state index contributed by atoms with van der Waals surface area (Å²) in [5.41, 5.74) is 4.06. The van der Waals surface area contributed by atoms with Crippen molar-refractivity contribution in [3.63, 3.8) is 0 Å². The van der Waals surface area contributed by atoms with E-state index in [0.717, 1.165) is 10.7 Å². The van der Waals surface area contributed by atoms with Crippen molar-refractivity contribution in [3.05, 3.63) is 23.5 Å². The number of hydrogen-bond acceptors (Lipinski definition) is 4. The standard InChI is InChI=1S/C11H15N3OS/c1-2-4-10(3-1)15-12-7-9-8-14-5-6-16-11(14)13-9/h5-6,8,10,12H,1-4,7H2. The van der Waals surface area contributed by atoms with Gasteiger partial charge in [-0.05, 0) is 12.8 Å². The number of hydroxylamine groups is 1. The van der Waals surface area contributed by atoms with E-state index >= 15 is 0 Å². The normalized spacial score (nSPS) is 17.5. The van der Waals surface area contributed by atoms with Crippen LogP contribution in [0.2, 0.25) is 0 Å². The molecule has 16 heavy (non-hydrogen) atoms. The molecule has 0 spiro atoms. The maximum atomic E-state index is 5.58. The lowest BCUT2D eigenvalue weighted by Gasteiger charge is -2.10. The second-order valence-corrected chi connectivity index (χ2v) is 5.04. The Labute approximate surface area is 98.2 Å². The molecule has 0 amide bonds. The number of nitrogens with zero attached hydrogens (tertiary/aromatic N) is 2. The van der Waals surface area contributed by atoms with Gasteiger partial charge in [0.25, 0.3) is 0 Å². The minimum absolute atomic E-state index is 0.406. The van der Waals surface area contributed by atoms with Crippen molar-refractivity contribution in [2.24, 2.45) is 0 Å². The molecule has 1 N–H and O–H groups in total. The molecule has 2 heterocycles. The molecule has 1 aliphatic rings. The fourth-order valence-corrected chi connectivity index (χ4v) is 2.82. The van der Waals surface area contributed by atoms with Crippen molar-refractivity contribution in [1.82, 2.24) is 14.9 Å². The third kappa shape index (κ3) is 2.11. The molecular weight excluding hydrogens is 222 g/mol. The monoisotopic (exact) mass is 237 g/mol. The van der Waals surface area contributed by atoms with E-state index in [1.54, 1.807) is 11.3 Å². The molecule has 2 aromatic heterocycles. The van der Waals surface area contributed by atoms with Gasteiger partial charge in [-0.2, -0.15) is 5.48 Å². The lowest BCUT2D eigenvalue weighted by atomic mass is 10.3. The Hall–Kier alpha value is -0.910. The van der Waals surface area contributed by atoms with E-state index in [0.29, 0.717) is 12.6 Å². The summed E-state index contributed by atoms with van der Waals surface area (Å²) in [6, 6.07) is 0. The summed E-state index contributed by atoms with van der Waals surface area (Å²) in [7, 11) is 0. The van der Waals surface area contributed by atoms with E-state index in [9.17, 15) is 0 Å². The number of imidazole rings is 1. The van der Waals surface area contributed by atoms with Gasteiger partial charge in [0.05, 0.1) is 18.3 Å². The molecule has 0 aromatic carbocycles. The zero-order valence-electron chi connectivity index (χ0n) is 9.06. The van der Waals surface area contributed by atoms with E-state index in [4.69, 9.17) is 4.84 Å². The van der Waals surface area contributed by atoms with Crippen molar-refractivity contribution >= 4 is 16.3 Å². The lowest BCUT2D eigenvalue weighted by molar-refractivity contribution is -0.0248. The minimum Gasteiger partial charge on any atom is -0.298 e. The van der Waals surface area contributed by atoms with Gasteiger partial charge in [0.15, 0.2) is 4.96 Å². The number of rotatable bonds is 4. The summed E-state index contributed by atoms with van der Waals surface area (Å²) < 4.78 is 2.04. The highest BCUT2D eigenvalue weighted by Crippen LogP contribution is 2.20. The minimum atomic E-state index is 0.406. The average molecular weight is 237 g/mol. The molecule has 5 heteroatoms. The van der Waals surface area contributed by atoms with Gasteiger partial charge in [-0.1, -0.05) is 12.8 Å². The Morgan fingerprint density at radius 3 is 3.19 bits per heavy atom. The zero-order valence-corrected chi connectivity index (χ0v) is 9.87. The van der Waals surface area contributed by atoms with Gasteiger partial charge < -0.3 is 0 Å². The Morgan fingerprint density at radius 2 is 2.38 bits per heavy atom. The maximum Gasteiger partial charge on any atom is 0.193 e. The highest BCUT2D eigenvalue weighted by atomic mass is 32.1. The molecule has 0 saturated heterocycles. The molecule has 1 saturated carbocycles. The first-order valence-electron chi connectivity index (χ1n) is 5.71. The molecule has 1 aliphatic carbocycles. The maximum absolute atomic E-state index is 5.58. The Balaban J connectivity index is 1.52. The van der Waals surface area contributed by atoms with Crippen molar-refractivity contribution < 1.29 is 4.84 Å². The van der Waals surface area contributed by atoms with Gasteiger partial charge in [0, 0.05) is 17.8 Å². The summed E-state index contributed by atoms with van der Waals surface area (Å²) in [6.07, 6.45) is 9.43. The molecule has 0 atom stereocenters. The second-order valence-electron chi connectivity index (χ2n) is 4.17. The van der Waals surface area contributed by atoms with Gasteiger partial charge >= 0.3 is 0 Å². The Morgan fingerprint density at radius 1 is 1.50 bits per heavy atom. The number of thiazole rings is 1. The fourth-order valence-electron chi connectivity index (χ4n) is 2.10. The van der Waals surface area contributed by atoms with E-state index in [-0.39, 0.29) is 0 Å². The molecule has 3 rings (SSSR count). The van der Waals surface area contributed by atoms with Crippen molar-refractivity contribution in [3.8, 4) is 0 Å². The van der Waals surface area contributed by atoms with Gasteiger partial charge in [-0.25, -0.2) is 4.98 Å². The Bertz CT molecular complexity index is 430. The lowest BCUT2D eigenvalue weighted by Crippen LogP contribution is -2.21. The predicted octanol–water partition coefficient (Wildman–Crippen LogP) is 2.36. The van der Waals surface area contributed by atoms with E-state index in [2.05, 4.69) is 10.5 Å². The summed E-state index contributed by atoms with van der Waals surface area (Å²) in [5.74, 6) is 0. The number of hydrogen-bond donors (Lipinski definition) is 1. The smallest absolute Gasteiger partial charge is 0.193 e. The van der Waals surface area contributed by atoms with Crippen LogP contribution in [0.1, 0.15) is 31.4 Å². The summed E-state index contributed by atoms with van der Waals surface area (Å²) in [5, 5.41) is 2.04. The van der Waals surface area contributed by atoms with E-state index in [1.165, 1.54) is 25.7 Å². The number of nitrogens with one attached hydrogen (secondary N) is 1. The van der Waals surface area contributed by atoms with Gasteiger partial charge in [0.2, 0.25) is 0 Å². The zero-order chi connectivity index (χ0) is 10.8. The third-order valence-electron chi connectivity index (χ3n) is 2.95. The highest BCUT2D eigenvalue weighted by Gasteiger charge is 2.15. The molecule has 1 fully saturated rings. The molecule has 0 bridgehead atoms. The molecule has 0 aliphatic heterocycles. The SMILES string of the molecule is c1cn2cc(CNOC3CCCC3)nc2s1. The second kappa shape index (κ2) is 4.53. The third-order valence-corrected chi connectivity index (χ3v) is 3.72. The van der Waals surface area contributed by atoms with Crippen LogP contribution in [-0.2, 0) is 11.4 Å². The van der Waals surface area contributed by atoms with Gasteiger partial charge in [-0.3, -0.25) is 9.24 Å². The van der Waals surface area contributed by atoms with Crippen molar-refractivity contribution in [2.75, 3.05) is 0 Å². The van der Waals surface area contributed by atoms with Gasteiger partial charge in [0.1, 0.15) is 0 Å². The molecule has 2 aromatic rings. The van der Waals surface area contributed by atoms with Crippen LogP contribution in [0.5, 0.6) is 0 Å². The van der Waals surface area contributed by atoms with Crippen LogP contribution in [0.25, 0.3) is 4.96 Å². The van der Waals surface area contributed by atoms with Crippen LogP contribution in [0, 0.1) is 0 Å². The average Bonchev–Trinajstić information content (AvgIpc) is 2.91. The molecule has 0 radical (unpaired) electrons.